The molecule has 1 aliphatic heterocycles. The number of fused-ring (bicyclic) bond motifs is 7. The van der Waals surface area contributed by atoms with Gasteiger partial charge in [-0.1, -0.05) is 32.4 Å². The summed E-state index contributed by atoms with van der Waals surface area (Å²) in [5, 5.41) is 0. The van der Waals surface area contributed by atoms with Crippen LogP contribution in [0.15, 0.2) is 23.0 Å². The summed E-state index contributed by atoms with van der Waals surface area (Å²) in [6.45, 7) is 14.4. The molecule has 0 N–H and O–H groups in total. The van der Waals surface area contributed by atoms with Crippen LogP contribution in [0.25, 0.3) is 0 Å². The van der Waals surface area contributed by atoms with Gasteiger partial charge in [0.15, 0.2) is 0 Å². The predicted molar refractivity (Wildman–Crippen MR) is 150 cm³/mol. The number of allylic oxidation sites excluding steroid dienone is 2. The molecule has 4 aliphatic carbocycles. The lowest BCUT2D eigenvalue weighted by Crippen LogP contribution is -2.50. The largest absolute Gasteiger partial charge is 0.494 e. The average molecular weight is 540 g/mol. The summed E-state index contributed by atoms with van der Waals surface area (Å²) in [4.78, 5) is 36.6. The zero-order valence-electron chi connectivity index (χ0n) is 25.2. The molecular formula is C33H49NO5. The molecule has 0 saturated heterocycles. The van der Waals surface area contributed by atoms with E-state index in [0.29, 0.717) is 30.2 Å². The molecule has 39 heavy (non-hydrogen) atoms. The number of carbonyl (C=O) groups is 3. The van der Waals surface area contributed by atoms with Gasteiger partial charge in [-0.2, -0.15) is 0 Å². The smallest absolute Gasteiger partial charge is 0.302 e. The molecule has 3 fully saturated rings. The molecule has 3 saturated carbocycles. The molecule has 6 heteroatoms. The molecule has 0 bridgehead atoms. The number of hydrogen-bond acceptors (Lipinski definition) is 5. The molecular weight excluding hydrogens is 490 g/mol. The van der Waals surface area contributed by atoms with Crippen LogP contribution in [0.5, 0.6) is 0 Å². The van der Waals surface area contributed by atoms with Crippen molar-refractivity contribution in [3.05, 3.63) is 23.0 Å². The van der Waals surface area contributed by atoms with E-state index in [4.69, 9.17) is 9.47 Å². The summed E-state index contributed by atoms with van der Waals surface area (Å²) in [7, 11) is 0. The molecule has 0 aromatic heterocycles. The van der Waals surface area contributed by atoms with Crippen molar-refractivity contribution in [3.63, 3.8) is 0 Å². The van der Waals surface area contributed by atoms with Crippen LogP contribution < -0.4 is 0 Å². The van der Waals surface area contributed by atoms with Crippen molar-refractivity contribution < 1.29 is 23.9 Å². The molecule has 5 aliphatic rings. The monoisotopic (exact) mass is 539 g/mol. The number of ether oxygens (including phenoxy) is 2. The van der Waals surface area contributed by atoms with Gasteiger partial charge in [0.1, 0.15) is 12.2 Å². The molecule has 216 valence electrons. The van der Waals surface area contributed by atoms with E-state index in [9.17, 15) is 14.4 Å². The average Bonchev–Trinajstić information content (AvgIpc) is 3.33. The molecule has 6 nitrogen and oxygen atoms in total. The Bertz CT molecular complexity index is 1080. The fraction of sp³-hybridized carbons (Fsp3) is 0.788. The van der Waals surface area contributed by atoms with Crippen LogP contribution in [0.2, 0.25) is 0 Å². The SMILES string of the molecule is CC(=O)O[C@H]1CC[C@@]2(C)C(=CC[C@@H]3[C@H]4C[C@@H]5OC(CC[C@@H](C)CN(C(C)=O)C(C)=O)=C(C)[C@H]5[C@@]4(C)CC[C@H]32)C1. The Kier molecular flexibility index (Phi) is 7.56. The minimum Gasteiger partial charge on any atom is -0.494 e. The third kappa shape index (κ3) is 4.88. The van der Waals surface area contributed by atoms with Crippen molar-refractivity contribution in [3.8, 4) is 0 Å². The van der Waals surface area contributed by atoms with E-state index in [2.05, 4.69) is 33.8 Å². The van der Waals surface area contributed by atoms with Crippen molar-refractivity contribution in [1.82, 2.24) is 4.90 Å². The van der Waals surface area contributed by atoms with Gasteiger partial charge in [0.25, 0.3) is 0 Å². The normalized spacial score (nSPS) is 39.4. The van der Waals surface area contributed by atoms with Crippen LogP contribution in [0, 0.1) is 40.4 Å². The van der Waals surface area contributed by atoms with Crippen molar-refractivity contribution >= 4 is 17.8 Å². The quantitative estimate of drug-likeness (QED) is 0.281. The van der Waals surface area contributed by atoms with E-state index in [1.54, 1.807) is 5.57 Å². The van der Waals surface area contributed by atoms with Crippen LogP contribution in [0.1, 0.15) is 106 Å². The minimum absolute atomic E-state index is 0.0494. The van der Waals surface area contributed by atoms with Gasteiger partial charge < -0.3 is 9.47 Å². The van der Waals surface area contributed by atoms with Crippen LogP contribution in [-0.4, -0.2) is 41.4 Å². The Balaban J connectivity index is 1.27. The predicted octanol–water partition coefficient (Wildman–Crippen LogP) is 6.59. The van der Waals surface area contributed by atoms with Crippen molar-refractivity contribution in [2.45, 2.75) is 118 Å². The molecule has 0 aromatic rings. The Morgan fingerprint density at radius 1 is 1.10 bits per heavy atom. The highest BCUT2D eigenvalue weighted by molar-refractivity contribution is 5.92. The zero-order chi connectivity index (χ0) is 28.3. The number of carbonyl (C=O) groups excluding carboxylic acids is 3. The molecule has 0 spiro atoms. The van der Waals surface area contributed by atoms with Gasteiger partial charge >= 0.3 is 5.97 Å². The molecule has 0 unspecified atom stereocenters. The van der Waals surface area contributed by atoms with E-state index in [-0.39, 0.29) is 46.7 Å². The molecule has 0 aromatic carbocycles. The number of hydrogen-bond donors (Lipinski definition) is 0. The lowest BCUT2D eigenvalue weighted by Gasteiger charge is -2.58. The number of esters is 1. The minimum atomic E-state index is -0.179. The Labute approximate surface area is 234 Å². The van der Waals surface area contributed by atoms with Gasteiger partial charge in [0, 0.05) is 46.1 Å². The maximum absolute atomic E-state index is 11.8. The van der Waals surface area contributed by atoms with Crippen molar-refractivity contribution in [2.24, 2.45) is 40.4 Å². The van der Waals surface area contributed by atoms with Gasteiger partial charge in [-0.15, -0.1) is 0 Å². The van der Waals surface area contributed by atoms with E-state index < -0.39 is 0 Å². The van der Waals surface area contributed by atoms with Gasteiger partial charge in [0.05, 0.1) is 5.76 Å². The lowest BCUT2D eigenvalue weighted by molar-refractivity contribution is -0.149. The standard InChI is InChI=1S/C33H49NO5/c1-19(18-34(21(3)35)22(4)36)8-11-29-20(2)31-30(39-29)17-28-26-10-9-24-16-25(38-23(5)37)12-14-32(24,6)27(26)13-15-33(28,31)7/h9,19,25-28,30-31H,8,10-18H2,1-7H3/t19-,25+,26+,27-,28-,30+,31-,32+,33+/m1/s1. The fourth-order valence-electron chi connectivity index (χ4n) is 9.81. The Hall–Kier alpha value is -2.11. The zero-order valence-corrected chi connectivity index (χ0v) is 25.2. The summed E-state index contributed by atoms with van der Waals surface area (Å²) in [6, 6.07) is 0. The van der Waals surface area contributed by atoms with Crippen LogP contribution in [0.4, 0.5) is 0 Å². The third-order valence-electron chi connectivity index (χ3n) is 11.7. The maximum atomic E-state index is 11.8. The van der Waals surface area contributed by atoms with Gasteiger partial charge in [0.2, 0.25) is 11.8 Å². The first-order valence-corrected chi connectivity index (χ1v) is 15.4. The van der Waals surface area contributed by atoms with Gasteiger partial charge in [-0.25, -0.2) is 0 Å². The van der Waals surface area contributed by atoms with E-state index >= 15 is 0 Å². The molecule has 9 atom stereocenters. The topological polar surface area (TPSA) is 72.9 Å². The second-order valence-electron chi connectivity index (χ2n) is 14.0. The number of imide groups is 1. The highest BCUT2D eigenvalue weighted by Gasteiger charge is 2.63. The third-order valence-corrected chi connectivity index (χ3v) is 11.7. The number of rotatable bonds is 6. The van der Waals surface area contributed by atoms with Crippen molar-refractivity contribution in [1.29, 1.82) is 0 Å². The molecule has 0 radical (unpaired) electrons. The van der Waals surface area contributed by atoms with Crippen LogP contribution in [-0.2, 0) is 23.9 Å². The second kappa shape index (κ2) is 10.4. The summed E-state index contributed by atoms with van der Waals surface area (Å²) >= 11 is 0. The van der Waals surface area contributed by atoms with Crippen molar-refractivity contribution in [2.75, 3.05) is 6.54 Å². The summed E-state index contributed by atoms with van der Waals surface area (Å²) < 4.78 is 12.4. The number of nitrogens with zero attached hydrogens (tertiary/aromatic N) is 1. The first-order valence-electron chi connectivity index (χ1n) is 15.4. The fourth-order valence-corrected chi connectivity index (χ4v) is 9.81. The van der Waals surface area contributed by atoms with E-state index in [1.807, 2.05) is 0 Å². The Morgan fingerprint density at radius 3 is 2.49 bits per heavy atom. The summed E-state index contributed by atoms with van der Waals surface area (Å²) in [6.07, 6.45) is 12.5. The van der Waals surface area contributed by atoms with Gasteiger partial charge in [-0.05, 0) is 91.9 Å². The molecule has 5 rings (SSSR count). The molecule has 1 heterocycles. The van der Waals surface area contributed by atoms with Gasteiger partial charge in [-0.3, -0.25) is 19.3 Å². The summed E-state index contributed by atoms with van der Waals surface area (Å²) in [5.74, 6) is 3.48. The highest BCUT2D eigenvalue weighted by Crippen LogP contribution is 2.69. The molecule has 2 amide bonds. The first-order chi connectivity index (χ1) is 18.3. The second-order valence-corrected chi connectivity index (χ2v) is 14.0. The number of amides is 2. The first kappa shape index (κ1) is 28.4. The van der Waals surface area contributed by atoms with Crippen LogP contribution >= 0.6 is 0 Å². The maximum Gasteiger partial charge on any atom is 0.302 e. The lowest BCUT2D eigenvalue weighted by atomic mass is 9.47. The highest BCUT2D eigenvalue weighted by atomic mass is 16.5. The summed E-state index contributed by atoms with van der Waals surface area (Å²) in [5.41, 5.74) is 3.50. The van der Waals surface area contributed by atoms with Crippen LogP contribution in [0.3, 0.4) is 0 Å². The van der Waals surface area contributed by atoms with E-state index in [0.717, 1.165) is 50.7 Å². The Morgan fingerprint density at radius 2 is 1.82 bits per heavy atom. The van der Waals surface area contributed by atoms with E-state index in [1.165, 1.54) is 44.1 Å².